The van der Waals surface area contributed by atoms with Gasteiger partial charge >= 0.3 is 0 Å². The van der Waals surface area contributed by atoms with Gasteiger partial charge in [-0.25, -0.2) is 4.98 Å². The maximum Gasteiger partial charge on any atom is 0.263 e. The molecule has 0 fully saturated rings. The Labute approximate surface area is 163 Å². The second-order valence-electron chi connectivity index (χ2n) is 5.78. The third kappa shape index (κ3) is 4.01. The van der Waals surface area contributed by atoms with Crippen LogP contribution in [0.15, 0.2) is 32.8 Å². The van der Waals surface area contributed by atoms with Crippen molar-refractivity contribution in [3.8, 4) is 10.4 Å². The molecular formula is C17H19N3O3S3. The summed E-state index contributed by atoms with van der Waals surface area (Å²) < 4.78 is 6.52. The van der Waals surface area contributed by atoms with Gasteiger partial charge in [-0.1, -0.05) is 17.8 Å². The molecule has 0 aliphatic rings. The zero-order valence-electron chi connectivity index (χ0n) is 14.6. The van der Waals surface area contributed by atoms with Gasteiger partial charge in [0.25, 0.3) is 5.56 Å². The minimum Gasteiger partial charge on any atom is -0.383 e. The van der Waals surface area contributed by atoms with E-state index in [0.29, 0.717) is 22.0 Å². The van der Waals surface area contributed by atoms with Gasteiger partial charge in [0.1, 0.15) is 4.83 Å². The second-order valence-corrected chi connectivity index (χ2v) is 8.53. The Bertz CT molecular complexity index is 963. The average molecular weight is 410 g/mol. The molecule has 0 bridgehead atoms. The molecule has 0 aliphatic carbocycles. The molecule has 6 nitrogen and oxygen atoms in total. The third-order valence-electron chi connectivity index (χ3n) is 3.72. The number of ether oxygens (including phenoxy) is 1. The van der Waals surface area contributed by atoms with Crippen LogP contribution in [-0.2, 0) is 16.6 Å². The highest BCUT2D eigenvalue weighted by molar-refractivity contribution is 7.99. The van der Waals surface area contributed by atoms with Crippen LogP contribution in [0.3, 0.4) is 0 Å². The summed E-state index contributed by atoms with van der Waals surface area (Å²) in [6, 6.07) is 3.91. The van der Waals surface area contributed by atoms with Crippen LogP contribution in [0.4, 0.5) is 0 Å². The standard InChI is InChI=1S/C17H19N3O3S3/c1-10(7-23-3)18-13(21)9-26-17-19-15-14(16(22)20(17)2)11(8-25-15)12-5-4-6-24-12/h4-6,8,10H,7,9H2,1-3H3,(H,18,21). The van der Waals surface area contributed by atoms with Crippen molar-refractivity contribution in [2.75, 3.05) is 19.5 Å². The van der Waals surface area contributed by atoms with Crippen molar-refractivity contribution in [3.05, 3.63) is 33.2 Å². The van der Waals surface area contributed by atoms with Crippen molar-refractivity contribution in [1.82, 2.24) is 14.9 Å². The maximum absolute atomic E-state index is 12.8. The van der Waals surface area contributed by atoms with Crippen LogP contribution in [0.1, 0.15) is 6.92 Å². The van der Waals surface area contributed by atoms with Crippen LogP contribution in [0.2, 0.25) is 0 Å². The molecule has 1 amide bonds. The number of thiophene rings is 2. The van der Waals surface area contributed by atoms with Gasteiger partial charge in [0.05, 0.1) is 17.7 Å². The lowest BCUT2D eigenvalue weighted by atomic mass is 10.2. The Morgan fingerprint density at radius 2 is 2.27 bits per heavy atom. The maximum atomic E-state index is 12.8. The Kier molecular flexibility index (Phi) is 6.13. The fourth-order valence-corrected chi connectivity index (χ4v) is 5.12. The lowest BCUT2D eigenvalue weighted by Crippen LogP contribution is -2.36. The van der Waals surface area contributed by atoms with E-state index in [0.717, 1.165) is 10.4 Å². The quantitative estimate of drug-likeness (QED) is 0.480. The summed E-state index contributed by atoms with van der Waals surface area (Å²) in [6.07, 6.45) is 0. The van der Waals surface area contributed by atoms with Gasteiger partial charge in [-0.05, 0) is 18.4 Å². The van der Waals surface area contributed by atoms with Gasteiger partial charge in [-0.3, -0.25) is 14.2 Å². The molecule has 3 heterocycles. The summed E-state index contributed by atoms with van der Waals surface area (Å²) in [5.41, 5.74) is 0.839. The van der Waals surface area contributed by atoms with E-state index in [9.17, 15) is 9.59 Å². The molecule has 0 spiro atoms. The first-order valence-electron chi connectivity index (χ1n) is 7.94. The van der Waals surface area contributed by atoms with Crippen LogP contribution >= 0.6 is 34.4 Å². The highest BCUT2D eigenvalue weighted by Crippen LogP contribution is 2.34. The molecule has 138 valence electrons. The number of carbonyl (C=O) groups excluding carboxylic acids is 1. The Balaban J connectivity index is 1.82. The molecule has 3 aromatic heterocycles. The summed E-state index contributed by atoms with van der Waals surface area (Å²) in [5.74, 6) is 0.0857. The van der Waals surface area contributed by atoms with E-state index in [2.05, 4.69) is 10.3 Å². The molecule has 9 heteroatoms. The van der Waals surface area contributed by atoms with Crippen molar-refractivity contribution in [3.63, 3.8) is 0 Å². The number of carbonyl (C=O) groups is 1. The second kappa shape index (κ2) is 8.34. The summed E-state index contributed by atoms with van der Waals surface area (Å²) >= 11 is 4.31. The predicted molar refractivity (Wildman–Crippen MR) is 108 cm³/mol. The number of fused-ring (bicyclic) bond motifs is 1. The molecule has 3 aromatic rings. The molecule has 0 aromatic carbocycles. The lowest BCUT2D eigenvalue weighted by Gasteiger charge is -2.13. The SMILES string of the molecule is COCC(C)NC(=O)CSc1nc2scc(-c3cccs3)c2c(=O)n1C. The molecule has 1 N–H and O–H groups in total. The van der Waals surface area contributed by atoms with Gasteiger partial charge in [0, 0.05) is 36.0 Å². The average Bonchev–Trinajstić information content (AvgIpc) is 3.26. The van der Waals surface area contributed by atoms with Crippen molar-refractivity contribution in [2.45, 2.75) is 18.1 Å². The molecule has 0 radical (unpaired) electrons. The molecule has 3 rings (SSSR count). The molecule has 1 unspecified atom stereocenters. The van der Waals surface area contributed by atoms with E-state index in [1.807, 2.05) is 29.8 Å². The van der Waals surface area contributed by atoms with Crippen molar-refractivity contribution >= 4 is 50.6 Å². The van der Waals surface area contributed by atoms with E-state index in [1.54, 1.807) is 25.5 Å². The number of amides is 1. The molecule has 0 saturated carbocycles. The fourth-order valence-electron chi connectivity index (χ4n) is 2.53. The van der Waals surface area contributed by atoms with Gasteiger partial charge in [0.15, 0.2) is 5.16 Å². The number of nitrogens with zero attached hydrogens (tertiary/aromatic N) is 2. The van der Waals surface area contributed by atoms with Crippen molar-refractivity contribution < 1.29 is 9.53 Å². The highest BCUT2D eigenvalue weighted by atomic mass is 32.2. The fraction of sp³-hybridized carbons (Fsp3) is 0.353. The van der Waals surface area contributed by atoms with Crippen molar-refractivity contribution in [1.29, 1.82) is 0 Å². The molecule has 0 aliphatic heterocycles. The summed E-state index contributed by atoms with van der Waals surface area (Å²) in [4.78, 5) is 31.2. The van der Waals surface area contributed by atoms with E-state index < -0.39 is 0 Å². The van der Waals surface area contributed by atoms with Gasteiger partial charge in [-0.15, -0.1) is 22.7 Å². The van der Waals surface area contributed by atoms with E-state index >= 15 is 0 Å². The van der Waals surface area contributed by atoms with Crippen LogP contribution < -0.4 is 10.9 Å². The van der Waals surface area contributed by atoms with Crippen molar-refractivity contribution in [2.24, 2.45) is 7.05 Å². The number of thioether (sulfide) groups is 1. The molecule has 1 atom stereocenters. The van der Waals surface area contributed by atoms with Gasteiger partial charge in [0.2, 0.25) is 5.91 Å². The monoisotopic (exact) mass is 409 g/mol. The topological polar surface area (TPSA) is 73.2 Å². The zero-order chi connectivity index (χ0) is 18.7. The Hall–Kier alpha value is -1.68. The minimum absolute atomic E-state index is 0.0574. The number of methoxy groups -OCH3 is 1. The largest absolute Gasteiger partial charge is 0.383 e. The van der Waals surface area contributed by atoms with E-state index in [4.69, 9.17) is 4.74 Å². The Morgan fingerprint density at radius 1 is 1.46 bits per heavy atom. The summed E-state index contributed by atoms with van der Waals surface area (Å²) in [5, 5.41) is 7.99. The highest BCUT2D eigenvalue weighted by Gasteiger charge is 2.17. The van der Waals surface area contributed by atoms with Crippen LogP contribution in [-0.4, -0.2) is 41.0 Å². The summed E-state index contributed by atoms with van der Waals surface area (Å²) in [6.45, 7) is 2.34. The third-order valence-corrected chi connectivity index (χ3v) is 6.52. The smallest absolute Gasteiger partial charge is 0.263 e. The van der Waals surface area contributed by atoms with Gasteiger partial charge in [-0.2, -0.15) is 0 Å². The predicted octanol–water partition coefficient (Wildman–Crippen LogP) is 2.97. The number of rotatable bonds is 7. The van der Waals surface area contributed by atoms with E-state index in [-0.39, 0.29) is 23.3 Å². The van der Waals surface area contributed by atoms with E-state index in [1.165, 1.54) is 27.7 Å². The van der Waals surface area contributed by atoms with Crippen LogP contribution in [0, 0.1) is 0 Å². The normalized spacial score (nSPS) is 12.4. The molecule has 0 saturated heterocycles. The lowest BCUT2D eigenvalue weighted by molar-refractivity contribution is -0.119. The first-order valence-corrected chi connectivity index (χ1v) is 10.7. The number of hydrogen-bond donors (Lipinski definition) is 1. The van der Waals surface area contributed by atoms with Crippen LogP contribution in [0.25, 0.3) is 20.7 Å². The number of aromatic nitrogens is 2. The van der Waals surface area contributed by atoms with Gasteiger partial charge < -0.3 is 10.1 Å². The minimum atomic E-state index is -0.112. The summed E-state index contributed by atoms with van der Waals surface area (Å²) in [7, 11) is 3.29. The molecule has 26 heavy (non-hydrogen) atoms. The van der Waals surface area contributed by atoms with Crippen LogP contribution in [0.5, 0.6) is 0 Å². The first-order chi connectivity index (χ1) is 12.5. The number of hydrogen-bond acceptors (Lipinski definition) is 7. The first kappa shape index (κ1) is 19.1. The zero-order valence-corrected chi connectivity index (χ0v) is 17.1. The molecular weight excluding hydrogens is 390 g/mol. The Morgan fingerprint density at radius 3 is 2.96 bits per heavy atom. The number of nitrogens with one attached hydrogen (secondary N) is 1.